The number of halogens is 3. The van der Waals surface area contributed by atoms with Gasteiger partial charge in [-0.05, 0) is 38.0 Å². The Hall–Kier alpha value is -2.57. The van der Waals surface area contributed by atoms with Crippen molar-refractivity contribution in [3.8, 4) is 5.88 Å². The quantitative estimate of drug-likeness (QED) is 0.410. The Morgan fingerprint density at radius 3 is 2.64 bits per heavy atom. The van der Waals surface area contributed by atoms with Crippen molar-refractivity contribution in [1.82, 2.24) is 4.98 Å². The number of carbonyl (C=O) groups is 1. The minimum Gasteiger partial charge on any atom is -0.465 e. The van der Waals surface area contributed by atoms with Gasteiger partial charge in [0.25, 0.3) is 5.92 Å². The zero-order chi connectivity index (χ0) is 18.6. The van der Waals surface area contributed by atoms with Crippen LogP contribution in [0.2, 0.25) is 0 Å². The van der Waals surface area contributed by atoms with Crippen molar-refractivity contribution in [1.29, 1.82) is 0 Å². The fraction of sp³-hybridized carbons (Fsp3) is 0.333. The summed E-state index contributed by atoms with van der Waals surface area (Å²) >= 11 is 0. The van der Waals surface area contributed by atoms with Gasteiger partial charge in [-0.1, -0.05) is 18.7 Å². The average molecular weight is 353 g/mol. The van der Waals surface area contributed by atoms with Crippen LogP contribution in [0, 0.1) is 11.7 Å². The Labute approximate surface area is 143 Å². The van der Waals surface area contributed by atoms with E-state index in [9.17, 15) is 18.0 Å². The predicted molar refractivity (Wildman–Crippen MR) is 85.9 cm³/mol. The molecule has 1 aromatic rings. The molecule has 0 spiro atoms. The van der Waals surface area contributed by atoms with Crippen LogP contribution in [0.1, 0.15) is 35.8 Å². The number of rotatable bonds is 7. The van der Waals surface area contributed by atoms with E-state index in [1.165, 1.54) is 18.2 Å². The molecule has 134 valence electrons. The SMILES string of the molecule is C=C/C=C\C(=C/C)Oc1nc(C(F)(F)C2CC2)c(F)cc1C(=O)OC. The zero-order valence-electron chi connectivity index (χ0n) is 13.9. The molecule has 1 fully saturated rings. The van der Waals surface area contributed by atoms with Crippen LogP contribution in [0.25, 0.3) is 0 Å². The number of pyridine rings is 1. The fourth-order valence-corrected chi connectivity index (χ4v) is 2.14. The Morgan fingerprint density at radius 1 is 1.44 bits per heavy atom. The largest absolute Gasteiger partial charge is 0.465 e. The summed E-state index contributed by atoms with van der Waals surface area (Å²) in [4.78, 5) is 15.4. The summed E-state index contributed by atoms with van der Waals surface area (Å²) in [7, 11) is 1.09. The molecule has 1 aliphatic carbocycles. The number of methoxy groups -OCH3 is 1. The third-order valence-electron chi connectivity index (χ3n) is 3.65. The van der Waals surface area contributed by atoms with Crippen LogP contribution in [0.5, 0.6) is 5.88 Å². The van der Waals surface area contributed by atoms with Crippen molar-refractivity contribution < 1.29 is 27.4 Å². The monoisotopic (exact) mass is 353 g/mol. The Balaban J connectivity index is 2.51. The lowest BCUT2D eigenvalue weighted by molar-refractivity contribution is -0.0368. The fourth-order valence-electron chi connectivity index (χ4n) is 2.14. The van der Waals surface area contributed by atoms with Gasteiger partial charge in [-0.2, -0.15) is 8.78 Å². The molecule has 0 bridgehead atoms. The highest BCUT2D eigenvalue weighted by Crippen LogP contribution is 2.50. The van der Waals surface area contributed by atoms with Crippen molar-refractivity contribution >= 4 is 5.97 Å². The van der Waals surface area contributed by atoms with Gasteiger partial charge in [0, 0.05) is 5.92 Å². The maximum absolute atomic E-state index is 14.3. The molecular weight excluding hydrogens is 335 g/mol. The highest BCUT2D eigenvalue weighted by molar-refractivity contribution is 5.91. The van der Waals surface area contributed by atoms with Gasteiger partial charge in [0.05, 0.1) is 7.11 Å². The van der Waals surface area contributed by atoms with Gasteiger partial charge in [-0.25, -0.2) is 14.2 Å². The summed E-state index contributed by atoms with van der Waals surface area (Å²) in [6.07, 6.45) is 6.66. The van der Waals surface area contributed by atoms with Crippen LogP contribution in [-0.2, 0) is 10.7 Å². The summed E-state index contributed by atoms with van der Waals surface area (Å²) in [6, 6.07) is 0.671. The van der Waals surface area contributed by atoms with Gasteiger partial charge in [0.1, 0.15) is 17.0 Å². The second-order valence-corrected chi connectivity index (χ2v) is 5.45. The number of esters is 1. The summed E-state index contributed by atoms with van der Waals surface area (Å²) in [5.41, 5.74) is -1.40. The number of ether oxygens (including phenoxy) is 2. The molecule has 4 nitrogen and oxygen atoms in total. The molecule has 0 unspecified atom stereocenters. The third kappa shape index (κ3) is 4.10. The number of nitrogens with zero attached hydrogens (tertiary/aromatic N) is 1. The standard InChI is InChI=1S/C18H18F3NO3/c1-4-6-7-12(5-2)25-16-13(17(23)24-3)10-14(19)15(22-16)18(20,21)11-8-9-11/h4-7,10-11H,1,8-9H2,2-3H3/b7-6-,12-5+. The van der Waals surface area contributed by atoms with Crippen molar-refractivity contribution in [2.75, 3.05) is 7.11 Å². The van der Waals surface area contributed by atoms with Crippen molar-refractivity contribution in [2.45, 2.75) is 25.7 Å². The third-order valence-corrected chi connectivity index (χ3v) is 3.65. The van der Waals surface area contributed by atoms with Gasteiger partial charge in [-0.3, -0.25) is 0 Å². The normalized spacial score (nSPS) is 15.3. The zero-order valence-corrected chi connectivity index (χ0v) is 13.9. The number of aromatic nitrogens is 1. The lowest BCUT2D eigenvalue weighted by atomic mass is 10.1. The molecule has 0 radical (unpaired) electrons. The smallest absolute Gasteiger partial charge is 0.343 e. The molecule has 0 saturated heterocycles. The molecule has 0 aromatic carbocycles. The molecule has 1 heterocycles. The van der Waals surface area contributed by atoms with E-state index >= 15 is 0 Å². The summed E-state index contributed by atoms with van der Waals surface area (Å²) in [5.74, 6) is -6.80. The minimum absolute atomic E-state index is 0.227. The number of carbonyl (C=O) groups excluding carboxylic acids is 1. The Kier molecular flexibility index (Phi) is 5.66. The molecule has 0 atom stereocenters. The molecule has 0 N–H and O–H groups in total. The molecule has 7 heteroatoms. The van der Waals surface area contributed by atoms with E-state index in [1.807, 2.05) is 0 Å². The number of hydrogen-bond acceptors (Lipinski definition) is 4. The molecule has 0 amide bonds. The van der Waals surface area contributed by atoms with E-state index in [0.29, 0.717) is 18.9 Å². The van der Waals surface area contributed by atoms with Crippen LogP contribution in [-0.4, -0.2) is 18.1 Å². The first-order valence-corrected chi connectivity index (χ1v) is 7.65. The molecule has 2 rings (SSSR count). The molecule has 1 aliphatic rings. The van der Waals surface area contributed by atoms with Gasteiger partial charge >= 0.3 is 5.97 Å². The highest BCUT2D eigenvalue weighted by atomic mass is 19.3. The maximum Gasteiger partial charge on any atom is 0.343 e. The first-order valence-electron chi connectivity index (χ1n) is 7.65. The second-order valence-electron chi connectivity index (χ2n) is 5.45. The number of allylic oxidation sites excluding steroid dienone is 4. The number of hydrogen-bond donors (Lipinski definition) is 0. The van der Waals surface area contributed by atoms with Crippen LogP contribution in [0.15, 0.2) is 42.7 Å². The van der Waals surface area contributed by atoms with E-state index in [4.69, 9.17) is 4.74 Å². The van der Waals surface area contributed by atoms with Crippen LogP contribution in [0.4, 0.5) is 13.2 Å². The lowest BCUT2D eigenvalue weighted by Crippen LogP contribution is -2.22. The van der Waals surface area contributed by atoms with Gasteiger partial charge in [-0.15, -0.1) is 0 Å². The van der Waals surface area contributed by atoms with Crippen LogP contribution in [0.3, 0.4) is 0 Å². The van der Waals surface area contributed by atoms with E-state index < -0.39 is 35.2 Å². The number of alkyl halides is 2. The first-order chi connectivity index (χ1) is 11.8. The van der Waals surface area contributed by atoms with Crippen LogP contribution < -0.4 is 4.74 Å². The first kappa shape index (κ1) is 18.8. The summed E-state index contributed by atoms with van der Waals surface area (Å²) < 4.78 is 52.8. The maximum atomic E-state index is 14.3. The van der Waals surface area contributed by atoms with Gasteiger partial charge in [0.15, 0.2) is 5.82 Å². The van der Waals surface area contributed by atoms with Gasteiger partial charge in [0.2, 0.25) is 5.88 Å². The Morgan fingerprint density at radius 2 is 2.12 bits per heavy atom. The van der Waals surface area contributed by atoms with E-state index in [0.717, 1.165) is 7.11 Å². The van der Waals surface area contributed by atoms with Crippen LogP contribution >= 0.6 is 0 Å². The lowest BCUT2D eigenvalue weighted by Gasteiger charge is -2.18. The van der Waals surface area contributed by atoms with Crippen molar-refractivity contribution in [3.05, 3.63) is 59.8 Å². The molecular formula is C18H18F3NO3. The Bertz CT molecular complexity index is 737. The summed E-state index contributed by atoms with van der Waals surface area (Å²) in [6.45, 7) is 5.15. The highest BCUT2D eigenvalue weighted by Gasteiger charge is 2.51. The van der Waals surface area contributed by atoms with E-state index in [1.54, 1.807) is 13.0 Å². The van der Waals surface area contributed by atoms with E-state index in [2.05, 4.69) is 16.3 Å². The molecule has 25 heavy (non-hydrogen) atoms. The van der Waals surface area contributed by atoms with Crippen molar-refractivity contribution in [2.24, 2.45) is 5.92 Å². The molecule has 0 aliphatic heterocycles. The van der Waals surface area contributed by atoms with Gasteiger partial charge < -0.3 is 9.47 Å². The molecule has 1 aromatic heterocycles. The topological polar surface area (TPSA) is 48.4 Å². The minimum atomic E-state index is -3.43. The van der Waals surface area contributed by atoms with E-state index in [-0.39, 0.29) is 11.3 Å². The summed E-state index contributed by atoms with van der Waals surface area (Å²) in [5, 5.41) is 0. The average Bonchev–Trinajstić information content (AvgIpc) is 3.44. The predicted octanol–water partition coefficient (Wildman–Crippen LogP) is 4.53. The molecule has 1 saturated carbocycles. The second kappa shape index (κ2) is 7.55. The van der Waals surface area contributed by atoms with Crippen molar-refractivity contribution in [3.63, 3.8) is 0 Å².